The van der Waals surface area contributed by atoms with Gasteiger partial charge in [0.25, 0.3) is 5.56 Å². The molecule has 4 rings (SSSR count). The quantitative estimate of drug-likeness (QED) is 0.497. The minimum atomic E-state index is -0.529. The average Bonchev–Trinajstić information content (AvgIpc) is 3.44. The van der Waals surface area contributed by atoms with Gasteiger partial charge < -0.3 is 14.5 Å². The molecule has 33 heavy (non-hydrogen) atoms. The summed E-state index contributed by atoms with van der Waals surface area (Å²) < 4.78 is 7.30. The summed E-state index contributed by atoms with van der Waals surface area (Å²) in [6.45, 7) is 4.48. The molecule has 1 saturated heterocycles. The number of nitrogens with zero attached hydrogens (tertiary/aromatic N) is 3. The van der Waals surface area contributed by atoms with Crippen molar-refractivity contribution in [3.63, 3.8) is 0 Å². The minimum Gasteiger partial charge on any atom is -0.463 e. The Kier molecular flexibility index (Phi) is 7.41. The van der Waals surface area contributed by atoms with Crippen LogP contribution in [0.2, 0.25) is 0 Å². The first-order chi connectivity index (χ1) is 16.0. The van der Waals surface area contributed by atoms with Gasteiger partial charge >= 0.3 is 5.97 Å². The number of anilines is 1. The van der Waals surface area contributed by atoms with Crippen LogP contribution in [-0.4, -0.2) is 54.1 Å². The zero-order valence-corrected chi connectivity index (χ0v) is 19.9. The van der Waals surface area contributed by atoms with Crippen molar-refractivity contribution < 1.29 is 14.3 Å². The Hall–Kier alpha value is -3.17. The Balaban J connectivity index is 1.55. The van der Waals surface area contributed by atoms with Crippen LogP contribution in [-0.2, 0) is 20.9 Å². The number of rotatable bonds is 6. The molecule has 0 aliphatic carbocycles. The topological polar surface area (TPSA) is 71.8 Å². The molecule has 3 aromatic rings. The van der Waals surface area contributed by atoms with Crippen LogP contribution in [0.15, 0.2) is 52.6 Å². The lowest BCUT2D eigenvalue weighted by atomic mass is 10.2. The van der Waals surface area contributed by atoms with Gasteiger partial charge in [0.15, 0.2) is 0 Å². The normalized spacial score (nSPS) is 15.2. The van der Waals surface area contributed by atoms with E-state index in [2.05, 4.69) is 17.0 Å². The summed E-state index contributed by atoms with van der Waals surface area (Å²) in [5.41, 5.74) is 0.860. The lowest BCUT2D eigenvalue weighted by Gasteiger charge is -2.36. The summed E-state index contributed by atoms with van der Waals surface area (Å²) in [6.07, 6.45) is 3.09. The van der Waals surface area contributed by atoms with E-state index in [9.17, 15) is 14.4 Å². The Bertz CT molecular complexity index is 1270. The smallest absolute Gasteiger partial charge is 0.333 e. The molecule has 0 unspecified atom stereocenters. The molecule has 1 aliphatic rings. The van der Waals surface area contributed by atoms with Crippen molar-refractivity contribution in [1.29, 1.82) is 0 Å². The number of thiazole rings is 1. The van der Waals surface area contributed by atoms with Crippen LogP contribution in [0, 0.1) is 0 Å². The van der Waals surface area contributed by atoms with Crippen molar-refractivity contribution in [3.8, 4) is 0 Å². The molecule has 0 N–H and O–H groups in total. The van der Waals surface area contributed by atoms with E-state index in [1.54, 1.807) is 17.9 Å². The lowest BCUT2D eigenvalue weighted by Crippen LogP contribution is -2.50. The monoisotopic (exact) mass is 483 g/mol. The molecule has 1 fully saturated rings. The Labute approximate surface area is 199 Å². The molecule has 7 nitrogen and oxygen atoms in total. The number of amides is 1. The van der Waals surface area contributed by atoms with Crippen molar-refractivity contribution >= 4 is 52.4 Å². The van der Waals surface area contributed by atoms with E-state index in [0.29, 0.717) is 22.3 Å². The van der Waals surface area contributed by atoms with E-state index in [0.717, 1.165) is 23.7 Å². The van der Waals surface area contributed by atoms with Crippen LogP contribution in [0.5, 0.6) is 0 Å². The minimum absolute atomic E-state index is 0.107. The van der Waals surface area contributed by atoms with Crippen molar-refractivity contribution in [2.45, 2.75) is 13.5 Å². The lowest BCUT2D eigenvalue weighted by molar-refractivity contribution is -0.135. The van der Waals surface area contributed by atoms with Gasteiger partial charge in [0.2, 0.25) is 5.91 Å². The number of thiophene rings is 1. The molecule has 0 spiro atoms. The molecule has 172 valence electrons. The molecule has 9 heteroatoms. The van der Waals surface area contributed by atoms with E-state index < -0.39 is 5.97 Å². The molecule has 1 amide bonds. The summed E-state index contributed by atoms with van der Waals surface area (Å²) in [7, 11) is 0. The van der Waals surface area contributed by atoms with Gasteiger partial charge in [-0.1, -0.05) is 24.3 Å². The zero-order valence-electron chi connectivity index (χ0n) is 18.3. The van der Waals surface area contributed by atoms with E-state index in [4.69, 9.17) is 4.74 Å². The van der Waals surface area contributed by atoms with Crippen LogP contribution in [0.4, 0.5) is 5.69 Å². The Morgan fingerprint density at radius 2 is 1.82 bits per heavy atom. The predicted molar refractivity (Wildman–Crippen MR) is 132 cm³/mol. The molecule has 0 atom stereocenters. The highest BCUT2D eigenvalue weighted by Crippen LogP contribution is 2.15. The maximum atomic E-state index is 13.1. The van der Waals surface area contributed by atoms with Gasteiger partial charge in [-0.3, -0.25) is 14.2 Å². The second kappa shape index (κ2) is 10.6. The molecule has 0 saturated carbocycles. The number of piperazine rings is 1. The number of benzene rings is 1. The molecular formula is C24H25N3O4S2. The van der Waals surface area contributed by atoms with E-state index >= 15 is 0 Å². The van der Waals surface area contributed by atoms with Crippen LogP contribution in [0.25, 0.3) is 12.2 Å². The maximum Gasteiger partial charge on any atom is 0.333 e. The Morgan fingerprint density at radius 1 is 1.06 bits per heavy atom. The number of carbonyl (C=O) groups excluding carboxylic acids is 2. The maximum absolute atomic E-state index is 13.1. The first-order valence-electron chi connectivity index (χ1n) is 10.8. The van der Waals surface area contributed by atoms with Gasteiger partial charge in [0, 0.05) is 36.7 Å². The van der Waals surface area contributed by atoms with Crippen LogP contribution < -0.4 is 19.7 Å². The number of hydrogen-bond acceptors (Lipinski definition) is 7. The van der Waals surface area contributed by atoms with Crippen LogP contribution >= 0.6 is 22.7 Å². The number of para-hydroxylation sites is 1. The predicted octanol–water partition coefficient (Wildman–Crippen LogP) is 1.49. The summed E-state index contributed by atoms with van der Waals surface area (Å²) in [5.74, 6) is -0.664. The number of ether oxygens (including phenoxy) is 1. The SMILES string of the molecule is CCOC(=O)/C=c1\s/c(=C\c2cccs2)c(=O)n1CC(=O)N1CCN(c2ccccc2)CC1. The fourth-order valence-corrected chi connectivity index (χ4v) is 5.42. The second-order valence-corrected chi connectivity index (χ2v) is 9.50. The third kappa shape index (κ3) is 5.61. The van der Waals surface area contributed by atoms with Crippen molar-refractivity contribution in [3.05, 3.63) is 72.3 Å². The van der Waals surface area contributed by atoms with Crippen molar-refractivity contribution in [2.75, 3.05) is 37.7 Å². The first-order valence-corrected chi connectivity index (χ1v) is 12.5. The van der Waals surface area contributed by atoms with Gasteiger partial charge in [-0.15, -0.1) is 22.7 Å². The highest BCUT2D eigenvalue weighted by Gasteiger charge is 2.22. The van der Waals surface area contributed by atoms with Crippen molar-refractivity contribution in [2.24, 2.45) is 0 Å². The van der Waals surface area contributed by atoms with E-state index in [-0.39, 0.29) is 24.6 Å². The fourth-order valence-electron chi connectivity index (χ4n) is 3.67. The molecule has 1 aromatic carbocycles. The van der Waals surface area contributed by atoms with Gasteiger partial charge in [0.05, 0.1) is 17.2 Å². The fraction of sp³-hybridized carbons (Fsp3) is 0.292. The van der Waals surface area contributed by atoms with Crippen molar-refractivity contribution in [1.82, 2.24) is 9.47 Å². The van der Waals surface area contributed by atoms with Gasteiger partial charge in [-0.25, -0.2) is 4.79 Å². The number of hydrogen-bond donors (Lipinski definition) is 0. The Morgan fingerprint density at radius 3 is 2.48 bits per heavy atom. The number of aromatic nitrogens is 1. The van der Waals surface area contributed by atoms with Gasteiger partial charge in [-0.2, -0.15) is 0 Å². The highest BCUT2D eigenvalue weighted by atomic mass is 32.1. The van der Waals surface area contributed by atoms with Crippen LogP contribution in [0.1, 0.15) is 11.8 Å². The third-order valence-corrected chi connectivity index (χ3v) is 7.21. The average molecular weight is 484 g/mol. The summed E-state index contributed by atoms with van der Waals surface area (Å²) in [4.78, 5) is 43.2. The molecule has 0 radical (unpaired) electrons. The van der Waals surface area contributed by atoms with E-state index in [1.807, 2.05) is 35.7 Å². The number of esters is 1. The van der Waals surface area contributed by atoms with Gasteiger partial charge in [0.1, 0.15) is 11.2 Å². The third-order valence-electron chi connectivity index (χ3n) is 5.33. The molecule has 0 bridgehead atoms. The largest absolute Gasteiger partial charge is 0.463 e. The molecule has 3 heterocycles. The highest BCUT2D eigenvalue weighted by molar-refractivity contribution is 7.11. The zero-order chi connectivity index (χ0) is 23.2. The summed E-state index contributed by atoms with van der Waals surface area (Å²) >= 11 is 2.71. The molecule has 1 aliphatic heterocycles. The van der Waals surface area contributed by atoms with E-state index in [1.165, 1.54) is 33.3 Å². The molecule has 2 aromatic heterocycles. The van der Waals surface area contributed by atoms with Gasteiger partial charge in [-0.05, 0) is 36.6 Å². The molecular weight excluding hydrogens is 458 g/mol. The van der Waals surface area contributed by atoms with Crippen LogP contribution in [0.3, 0.4) is 0 Å². The summed E-state index contributed by atoms with van der Waals surface area (Å²) in [6, 6.07) is 13.9. The summed E-state index contributed by atoms with van der Waals surface area (Å²) in [5, 5.41) is 1.93. The second-order valence-electron chi connectivity index (χ2n) is 7.46. The first kappa shape index (κ1) is 23.0. The standard InChI is InChI=1S/C24H25N3O4S2/c1-2-31-23(29)16-22-27(24(30)20(33-22)15-19-9-6-14-32-19)17-21(28)26-12-10-25(11-13-26)18-7-4-3-5-8-18/h3-9,14-16H,2,10-13,17H2,1H3/b20-15-,22-16-. The number of carbonyl (C=O) groups is 2.